The van der Waals surface area contributed by atoms with Crippen molar-refractivity contribution < 1.29 is 9.32 Å². The molecule has 20 heavy (non-hydrogen) atoms. The quantitative estimate of drug-likeness (QED) is 0.909. The van der Waals surface area contributed by atoms with Gasteiger partial charge in [-0.15, -0.1) is 0 Å². The molecule has 0 aromatic carbocycles. The smallest absolute Gasteiger partial charge is 0.273 e. The Balaban J connectivity index is 1.38. The molecule has 3 fully saturated rings. The summed E-state index contributed by atoms with van der Waals surface area (Å²) in [6.45, 7) is 4.29. The second kappa shape index (κ2) is 4.58. The number of carbonyl (C=O) groups is 1. The summed E-state index contributed by atoms with van der Waals surface area (Å²) in [6.07, 6.45) is 4.96. The third-order valence-electron chi connectivity index (χ3n) is 4.76. The number of rotatable bonds is 4. The lowest BCUT2D eigenvalue weighted by molar-refractivity contribution is 0.0922. The Morgan fingerprint density at radius 3 is 2.85 bits per heavy atom. The number of aromatic nitrogens is 1. The maximum Gasteiger partial charge on any atom is 0.273 e. The van der Waals surface area contributed by atoms with Gasteiger partial charge in [-0.05, 0) is 31.6 Å². The molecule has 1 N–H and O–H groups in total. The van der Waals surface area contributed by atoms with Gasteiger partial charge in [-0.1, -0.05) is 12.1 Å². The van der Waals surface area contributed by atoms with Crippen molar-refractivity contribution in [2.24, 2.45) is 5.92 Å². The van der Waals surface area contributed by atoms with Gasteiger partial charge in [0.25, 0.3) is 5.91 Å². The molecule has 0 bridgehead atoms. The van der Waals surface area contributed by atoms with Gasteiger partial charge in [-0.25, -0.2) is 0 Å². The van der Waals surface area contributed by atoms with Crippen molar-refractivity contribution >= 4 is 5.91 Å². The molecule has 4 rings (SSSR count). The molecule has 0 spiro atoms. The molecule has 1 saturated heterocycles. The summed E-state index contributed by atoms with van der Waals surface area (Å²) in [4.78, 5) is 14.8. The van der Waals surface area contributed by atoms with Gasteiger partial charge in [0.1, 0.15) is 5.76 Å². The van der Waals surface area contributed by atoms with Crippen molar-refractivity contribution in [3.8, 4) is 0 Å². The van der Waals surface area contributed by atoms with Crippen LogP contribution in [-0.2, 0) is 0 Å². The number of nitrogens with one attached hydrogen (secondary N) is 1. The Kier molecular flexibility index (Phi) is 2.84. The molecule has 2 heterocycles. The molecule has 3 aliphatic rings. The average Bonchev–Trinajstić information content (AvgIpc) is 3.36. The summed E-state index contributed by atoms with van der Waals surface area (Å²) in [6, 6.07) is 2.82. The summed E-state index contributed by atoms with van der Waals surface area (Å²) in [5.74, 6) is 1.79. The molecule has 0 radical (unpaired) electrons. The Labute approximate surface area is 118 Å². The fourth-order valence-electron chi connectivity index (χ4n) is 3.13. The molecule has 1 aromatic rings. The fraction of sp³-hybridized carbons (Fsp3) is 0.733. The summed E-state index contributed by atoms with van der Waals surface area (Å²) in [7, 11) is 0. The van der Waals surface area contributed by atoms with Crippen molar-refractivity contribution in [3.05, 3.63) is 17.5 Å². The highest BCUT2D eigenvalue weighted by atomic mass is 16.5. The van der Waals surface area contributed by atoms with Gasteiger partial charge in [-0.2, -0.15) is 0 Å². The summed E-state index contributed by atoms with van der Waals surface area (Å²) < 4.78 is 5.25. The molecular formula is C15H21N3O2. The molecule has 2 unspecified atom stereocenters. The number of likely N-dealkylation sites (tertiary alicyclic amines) is 1. The highest BCUT2D eigenvalue weighted by molar-refractivity contribution is 5.92. The zero-order chi connectivity index (χ0) is 13.7. The van der Waals surface area contributed by atoms with Crippen LogP contribution in [0.1, 0.15) is 54.8 Å². The maximum absolute atomic E-state index is 12.2. The first kappa shape index (κ1) is 12.4. The van der Waals surface area contributed by atoms with E-state index in [1.54, 1.807) is 0 Å². The van der Waals surface area contributed by atoms with Crippen LogP contribution in [0.5, 0.6) is 0 Å². The van der Waals surface area contributed by atoms with Gasteiger partial charge in [0.05, 0.1) is 0 Å². The number of hydrogen-bond acceptors (Lipinski definition) is 4. The van der Waals surface area contributed by atoms with Gasteiger partial charge < -0.3 is 9.84 Å². The van der Waals surface area contributed by atoms with Crippen molar-refractivity contribution in [1.82, 2.24) is 15.4 Å². The normalized spacial score (nSPS) is 30.6. The third-order valence-corrected chi connectivity index (χ3v) is 4.76. The number of hydrogen-bond donors (Lipinski definition) is 1. The second-order valence-corrected chi connectivity index (χ2v) is 6.63. The first-order chi connectivity index (χ1) is 9.70. The van der Waals surface area contributed by atoms with Crippen LogP contribution in [0, 0.1) is 5.92 Å². The van der Waals surface area contributed by atoms with E-state index in [0.29, 0.717) is 17.5 Å². The Morgan fingerprint density at radius 1 is 1.35 bits per heavy atom. The topological polar surface area (TPSA) is 58.4 Å². The number of amides is 1. The van der Waals surface area contributed by atoms with E-state index >= 15 is 0 Å². The number of carbonyl (C=O) groups excluding carboxylic acids is 1. The van der Waals surface area contributed by atoms with E-state index in [0.717, 1.165) is 37.7 Å². The van der Waals surface area contributed by atoms with Gasteiger partial charge in [0, 0.05) is 37.2 Å². The second-order valence-electron chi connectivity index (χ2n) is 6.63. The lowest BCUT2D eigenvalue weighted by atomic mass is 10.1. The van der Waals surface area contributed by atoms with Crippen LogP contribution in [0.25, 0.3) is 0 Å². The van der Waals surface area contributed by atoms with E-state index in [2.05, 4.69) is 22.3 Å². The molecular weight excluding hydrogens is 254 g/mol. The van der Waals surface area contributed by atoms with E-state index < -0.39 is 0 Å². The SMILES string of the molecule is CC1CN(C2CC2)CC1NC(=O)c1cc(C2CC2)on1. The molecule has 1 aromatic heterocycles. The van der Waals surface area contributed by atoms with Crippen LogP contribution in [0.2, 0.25) is 0 Å². The monoisotopic (exact) mass is 275 g/mol. The molecule has 5 nitrogen and oxygen atoms in total. The zero-order valence-corrected chi connectivity index (χ0v) is 11.8. The van der Waals surface area contributed by atoms with Crippen molar-refractivity contribution in [1.29, 1.82) is 0 Å². The minimum absolute atomic E-state index is 0.0878. The van der Waals surface area contributed by atoms with Gasteiger partial charge in [-0.3, -0.25) is 9.69 Å². The molecule has 2 saturated carbocycles. The lowest BCUT2D eigenvalue weighted by Crippen LogP contribution is -2.40. The molecule has 1 amide bonds. The minimum atomic E-state index is -0.0878. The lowest BCUT2D eigenvalue weighted by Gasteiger charge is -2.16. The first-order valence-corrected chi connectivity index (χ1v) is 7.72. The van der Waals surface area contributed by atoms with Crippen LogP contribution >= 0.6 is 0 Å². The highest BCUT2D eigenvalue weighted by Gasteiger charge is 2.39. The number of nitrogens with zero attached hydrogens (tertiary/aromatic N) is 2. The standard InChI is InChI=1S/C15H21N3O2/c1-9-7-18(11-4-5-11)8-13(9)16-15(19)12-6-14(20-17-12)10-2-3-10/h6,9-11,13H,2-5,7-8H2,1H3,(H,16,19). The summed E-state index contributed by atoms with van der Waals surface area (Å²) >= 11 is 0. The van der Waals surface area contributed by atoms with Crippen LogP contribution in [0.15, 0.2) is 10.6 Å². The Morgan fingerprint density at radius 2 is 2.15 bits per heavy atom. The maximum atomic E-state index is 12.2. The van der Waals surface area contributed by atoms with E-state index in [9.17, 15) is 4.79 Å². The summed E-state index contributed by atoms with van der Waals surface area (Å²) in [5.41, 5.74) is 0.434. The van der Waals surface area contributed by atoms with E-state index in [-0.39, 0.29) is 11.9 Å². The largest absolute Gasteiger partial charge is 0.360 e. The van der Waals surface area contributed by atoms with Gasteiger partial charge >= 0.3 is 0 Å². The molecule has 2 aliphatic carbocycles. The Bertz CT molecular complexity index is 519. The fourth-order valence-corrected chi connectivity index (χ4v) is 3.13. The molecule has 5 heteroatoms. The van der Waals surface area contributed by atoms with Crippen LogP contribution in [-0.4, -0.2) is 41.1 Å². The van der Waals surface area contributed by atoms with Crippen LogP contribution < -0.4 is 5.32 Å². The van der Waals surface area contributed by atoms with Crippen LogP contribution in [0.3, 0.4) is 0 Å². The molecule has 108 valence electrons. The van der Waals surface area contributed by atoms with E-state index in [4.69, 9.17) is 4.52 Å². The van der Waals surface area contributed by atoms with Crippen molar-refractivity contribution in [2.75, 3.05) is 13.1 Å². The van der Waals surface area contributed by atoms with E-state index in [1.165, 1.54) is 12.8 Å². The molecule has 1 aliphatic heterocycles. The van der Waals surface area contributed by atoms with Crippen LogP contribution in [0.4, 0.5) is 0 Å². The average molecular weight is 275 g/mol. The van der Waals surface area contributed by atoms with Crippen molar-refractivity contribution in [3.63, 3.8) is 0 Å². The Hall–Kier alpha value is -1.36. The predicted octanol–water partition coefficient (Wildman–Crippen LogP) is 1.76. The first-order valence-electron chi connectivity index (χ1n) is 7.72. The minimum Gasteiger partial charge on any atom is -0.360 e. The predicted molar refractivity (Wildman–Crippen MR) is 73.5 cm³/mol. The highest BCUT2D eigenvalue weighted by Crippen LogP contribution is 2.40. The van der Waals surface area contributed by atoms with E-state index in [1.807, 2.05) is 6.07 Å². The van der Waals surface area contributed by atoms with Crippen molar-refractivity contribution in [2.45, 2.75) is 50.6 Å². The van der Waals surface area contributed by atoms with Gasteiger partial charge in [0.15, 0.2) is 5.69 Å². The van der Waals surface area contributed by atoms with Gasteiger partial charge in [0.2, 0.25) is 0 Å². The molecule has 2 atom stereocenters. The zero-order valence-electron chi connectivity index (χ0n) is 11.8. The third kappa shape index (κ3) is 2.35. The summed E-state index contributed by atoms with van der Waals surface area (Å²) in [5, 5.41) is 7.04.